The smallest absolute Gasteiger partial charge is 0.271 e. The fourth-order valence-corrected chi connectivity index (χ4v) is 2.38. The molecule has 23 heavy (non-hydrogen) atoms. The van der Waals surface area contributed by atoms with E-state index >= 15 is 0 Å². The average molecular weight is 309 g/mol. The Balaban J connectivity index is 1.56. The molecule has 0 spiro atoms. The molecule has 1 aromatic heterocycles. The molecule has 3 rings (SSSR count). The average Bonchev–Trinajstić information content (AvgIpc) is 3.15. The molecule has 0 saturated carbocycles. The van der Waals surface area contributed by atoms with Crippen LogP contribution < -0.4 is 15.5 Å². The molecule has 0 atom stereocenters. The van der Waals surface area contributed by atoms with Crippen LogP contribution in [-0.2, 0) is 6.54 Å². The van der Waals surface area contributed by atoms with Gasteiger partial charge in [-0.3, -0.25) is 4.79 Å². The highest BCUT2D eigenvalue weighted by atomic mass is 16.1. The van der Waals surface area contributed by atoms with Crippen molar-refractivity contribution in [3.63, 3.8) is 0 Å². The minimum atomic E-state index is -0.240. The second-order valence-corrected chi connectivity index (χ2v) is 5.28. The molecular weight excluding hydrogens is 290 g/mol. The third-order valence-electron chi connectivity index (χ3n) is 3.72. The maximum Gasteiger partial charge on any atom is 0.271 e. The van der Waals surface area contributed by atoms with Gasteiger partial charge in [-0.1, -0.05) is 24.3 Å². The molecule has 1 aliphatic rings. The van der Waals surface area contributed by atoms with E-state index in [1.54, 1.807) is 19.2 Å². The van der Waals surface area contributed by atoms with E-state index in [0.717, 1.165) is 18.7 Å². The van der Waals surface area contributed by atoms with Crippen molar-refractivity contribution in [3.8, 4) is 0 Å². The Morgan fingerprint density at radius 3 is 2.43 bits per heavy atom. The molecule has 2 N–H and O–H groups in total. The van der Waals surface area contributed by atoms with Gasteiger partial charge in [0.1, 0.15) is 5.82 Å². The van der Waals surface area contributed by atoms with Crippen LogP contribution in [0.2, 0.25) is 0 Å². The van der Waals surface area contributed by atoms with Gasteiger partial charge in [0.2, 0.25) is 0 Å². The van der Waals surface area contributed by atoms with Crippen molar-refractivity contribution in [1.29, 1.82) is 0 Å². The predicted molar refractivity (Wildman–Crippen MR) is 90.5 cm³/mol. The molecule has 6 nitrogen and oxygen atoms in total. The van der Waals surface area contributed by atoms with E-state index in [9.17, 15) is 4.79 Å². The first-order valence-corrected chi connectivity index (χ1v) is 7.55. The Kier molecular flexibility index (Phi) is 4.52. The topological polar surface area (TPSA) is 70.2 Å². The predicted octanol–water partition coefficient (Wildman–Crippen LogP) is 1.82. The van der Waals surface area contributed by atoms with Gasteiger partial charge in [0.05, 0.1) is 0 Å². The first kappa shape index (κ1) is 15.0. The van der Waals surface area contributed by atoms with Crippen LogP contribution in [0.3, 0.4) is 0 Å². The van der Waals surface area contributed by atoms with Crippen LogP contribution in [0.4, 0.5) is 11.5 Å². The van der Waals surface area contributed by atoms with Crippen LogP contribution in [0.1, 0.15) is 16.1 Å². The van der Waals surface area contributed by atoms with E-state index in [4.69, 9.17) is 0 Å². The van der Waals surface area contributed by atoms with Gasteiger partial charge in [-0.05, 0) is 29.8 Å². The number of nitrogens with one attached hydrogen (secondary N) is 2. The molecule has 2 aromatic rings. The molecule has 1 amide bonds. The van der Waals surface area contributed by atoms with Crippen molar-refractivity contribution in [2.75, 3.05) is 30.4 Å². The van der Waals surface area contributed by atoms with E-state index in [1.165, 1.54) is 5.69 Å². The minimum absolute atomic E-state index is 0.240. The standard InChI is InChI=1S/C17H19N5O/c1-18-17(23)15-8-9-16(21-20-15)19-12-13-4-6-14(7-5-13)22-10-2-3-11-22/h2-9H,10-12H2,1H3,(H,18,23)(H,19,21). The Morgan fingerprint density at radius 2 is 1.83 bits per heavy atom. The molecule has 6 heteroatoms. The van der Waals surface area contributed by atoms with Crippen molar-refractivity contribution in [2.45, 2.75) is 6.54 Å². The fourth-order valence-electron chi connectivity index (χ4n) is 2.38. The number of anilines is 2. The van der Waals surface area contributed by atoms with Crippen LogP contribution in [0.25, 0.3) is 0 Å². The molecule has 0 aliphatic carbocycles. The molecular formula is C17H19N5O. The van der Waals surface area contributed by atoms with Crippen molar-refractivity contribution < 1.29 is 4.79 Å². The highest BCUT2D eigenvalue weighted by molar-refractivity contribution is 5.91. The number of aromatic nitrogens is 2. The summed E-state index contributed by atoms with van der Waals surface area (Å²) >= 11 is 0. The zero-order valence-corrected chi connectivity index (χ0v) is 13.0. The van der Waals surface area contributed by atoms with E-state index in [0.29, 0.717) is 18.1 Å². The Labute approximate surface area is 135 Å². The van der Waals surface area contributed by atoms with Crippen LogP contribution in [-0.4, -0.2) is 36.2 Å². The number of nitrogens with zero attached hydrogens (tertiary/aromatic N) is 3. The molecule has 0 radical (unpaired) electrons. The second-order valence-electron chi connectivity index (χ2n) is 5.28. The summed E-state index contributed by atoms with van der Waals surface area (Å²) in [5.41, 5.74) is 2.70. The van der Waals surface area contributed by atoms with E-state index < -0.39 is 0 Å². The number of hydrogen-bond donors (Lipinski definition) is 2. The van der Waals surface area contributed by atoms with Gasteiger partial charge in [-0.25, -0.2) is 0 Å². The lowest BCUT2D eigenvalue weighted by Crippen LogP contribution is -2.19. The maximum absolute atomic E-state index is 11.4. The van der Waals surface area contributed by atoms with Gasteiger partial charge in [0.25, 0.3) is 5.91 Å². The summed E-state index contributed by atoms with van der Waals surface area (Å²) in [6.07, 6.45) is 4.35. The number of amides is 1. The molecule has 1 aliphatic heterocycles. The number of carbonyl (C=O) groups is 1. The summed E-state index contributed by atoms with van der Waals surface area (Å²) < 4.78 is 0. The lowest BCUT2D eigenvalue weighted by Gasteiger charge is -2.17. The van der Waals surface area contributed by atoms with Crippen molar-refractivity contribution >= 4 is 17.4 Å². The van der Waals surface area contributed by atoms with Gasteiger partial charge < -0.3 is 15.5 Å². The zero-order chi connectivity index (χ0) is 16.1. The summed E-state index contributed by atoms with van der Waals surface area (Å²) in [6.45, 7) is 2.61. The SMILES string of the molecule is CNC(=O)c1ccc(NCc2ccc(N3CC=CC3)cc2)nn1. The van der Waals surface area contributed by atoms with Crippen molar-refractivity contribution in [1.82, 2.24) is 15.5 Å². The maximum atomic E-state index is 11.4. The minimum Gasteiger partial charge on any atom is -0.365 e. The Morgan fingerprint density at radius 1 is 1.09 bits per heavy atom. The van der Waals surface area contributed by atoms with Crippen LogP contribution in [0.15, 0.2) is 48.6 Å². The third kappa shape index (κ3) is 3.66. The Bertz CT molecular complexity index is 686. The molecule has 118 valence electrons. The fraction of sp³-hybridized carbons (Fsp3) is 0.235. The largest absolute Gasteiger partial charge is 0.365 e. The highest BCUT2D eigenvalue weighted by Crippen LogP contribution is 2.18. The van der Waals surface area contributed by atoms with Crippen molar-refractivity contribution in [2.24, 2.45) is 0 Å². The molecule has 1 aromatic carbocycles. The molecule has 0 unspecified atom stereocenters. The van der Waals surface area contributed by atoms with Crippen LogP contribution in [0.5, 0.6) is 0 Å². The van der Waals surface area contributed by atoms with E-state index in [-0.39, 0.29) is 5.91 Å². The van der Waals surface area contributed by atoms with Gasteiger partial charge in [-0.15, -0.1) is 10.2 Å². The van der Waals surface area contributed by atoms with Crippen LogP contribution in [0, 0.1) is 0 Å². The third-order valence-corrected chi connectivity index (χ3v) is 3.72. The van der Waals surface area contributed by atoms with Gasteiger partial charge in [0.15, 0.2) is 5.69 Å². The highest BCUT2D eigenvalue weighted by Gasteiger charge is 2.07. The molecule has 0 fully saturated rings. The second kappa shape index (κ2) is 6.91. The van der Waals surface area contributed by atoms with Gasteiger partial charge in [-0.2, -0.15) is 0 Å². The first-order chi connectivity index (χ1) is 11.3. The summed E-state index contributed by atoms with van der Waals surface area (Å²) in [5, 5.41) is 13.6. The van der Waals surface area contributed by atoms with Gasteiger partial charge >= 0.3 is 0 Å². The van der Waals surface area contributed by atoms with Crippen LogP contribution >= 0.6 is 0 Å². The first-order valence-electron chi connectivity index (χ1n) is 7.55. The summed E-state index contributed by atoms with van der Waals surface area (Å²) in [7, 11) is 1.57. The summed E-state index contributed by atoms with van der Waals surface area (Å²) in [4.78, 5) is 13.7. The molecule has 2 heterocycles. The number of rotatable bonds is 5. The lowest BCUT2D eigenvalue weighted by atomic mass is 10.2. The van der Waals surface area contributed by atoms with E-state index in [1.807, 2.05) is 0 Å². The lowest BCUT2D eigenvalue weighted by molar-refractivity contribution is 0.0957. The Hall–Kier alpha value is -2.89. The number of benzene rings is 1. The number of hydrogen-bond acceptors (Lipinski definition) is 5. The normalized spacial score (nSPS) is 13.2. The van der Waals surface area contributed by atoms with Crippen molar-refractivity contribution in [3.05, 3.63) is 59.8 Å². The number of carbonyl (C=O) groups excluding carboxylic acids is 1. The summed E-state index contributed by atoms with van der Waals surface area (Å²) in [6, 6.07) is 11.9. The molecule has 0 saturated heterocycles. The van der Waals surface area contributed by atoms with E-state index in [2.05, 4.69) is 62.1 Å². The monoisotopic (exact) mass is 309 g/mol. The summed E-state index contributed by atoms with van der Waals surface area (Å²) in [5.74, 6) is 0.404. The zero-order valence-electron chi connectivity index (χ0n) is 13.0. The van der Waals surface area contributed by atoms with Gasteiger partial charge in [0, 0.05) is 32.4 Å². The molecule has 0 bridgehead atoms. The quantitative estimate of drug-likeness (QED) is 0.825.